The van der Waals surface area contributed by atoms with Crippen LogP contribution in [0.2, 0.25) is 0 Å². The number of piperidine rings is 1. The van der Waals surface area contributed by atoms with Crippen molar-refractivity contribution in [3.63, 3.8) is 0 Å². The van der Waals surface area contributed by atoms with Gasteiger partial charge in [0.25, 0.3) is 0 Å². The number of carboxylic acids is 1. The molecule has 1 atom stereocenters. The lowest BCUT2D eigenvalue weighted by Gasteiger charge is -2.33. The largest absolute Gasteiger partial charge is 0.478 e. The number of aromatic carboxylic acids is 1. The minimum Gasteiger partial charge on any atom is -0.478 e. The number of imidazole rings is 1. The first kappa shape index (κ1) is 17.3. The van der Waals surface area contributed by atoms with Crippen molar-refractivity contribution < 1.29 is 9.90 Å². The highest BCUT2D eigenvalue weighted by Crippen LogP contribution is 2.31. The topological polar surface area (TPSA) is 58.4 Å². The van der Waals surface area contributed by atoms with Gasteiger partial charge in [-0.05, 0) is 55.8 Å². The maximum Gasteiger partial charge on any atom is 0.335 e. The minimum absolute atomic E-state index is 0.350. The van der Waals surface area contributed by atoms with Gasteiger partial charge in [-0.2, -0.15) is 0 Å². The van der Waals surface area contributed by atoms with Crippen molar-refractivity contribution in [2.75, 3.05) is 13.1 Å². The predicted molar refractivity (Wildman–Crippen MR) is 100 cm³/mol. The molecule has 5 nitrogen and oxygen atoms in total. The molecule has 26 heavy (non-hydrogen) atoms. The van der Waals surface area contributed by atoms with E-state index in [-0.39, 0.29) is 0 Å². The second kappa shape index (κ2) is 7.62. The van der Waals surface area contributed by atoms with Crippen LogP contribution in [-0.2, 0) is 13.1 Å². The molecule has 1 aromatic carbocycles. The van der Waals surface area contributed by atoms with Gasteiger partial charge in [0.15, 0.2) is 0 Å². The molecule has 4 rings (SSSR count). The summed E-state index contributed by atoms with van der Waals surface area (Å²) in [5, 5.41) is 9.03. The fraction of sp³-hybridized carbons (Fsp3) is 0.524. The lowest BCUT2D eigenvalue weighted by molar-refractivity contribution is 0.0697. The number of rotatable bonds is 6. The lowest BCUT2D eigenvalue weighted by Crippen LogP contribution is -2.35. The Kier molecular flexibility index (Phi) is 5.07. The molecular weight excluding hydrogens is 326 g/mol. The lowest BCUT2D eigenvalue weighted by atomic mass is 9.85. The average Bonchev–Trinajstić information content (AvgIpc) is 3.07. The number of carboxylic acid groups (broad SMARTS) is 1. The Balaban J connectivity index is 1.39. The van der Waals surface area contributed by atoms with Crippen molar-refractivity contribution in [3.8, 4) is 0 Å². The van der Waals surface area contributed by atoms with Gasteiger partial charge in [-0.1, -0.05) is 18.6 Å². The first-order valence-corrected chi connectivity index (χ1v) is 9.74. The van der Waals surface area contributed by atoms with Crippen molar-refractivity contribution in [3.05, 3.63) is 53.6 Å². The van der Waals surface area contributed by atoms with Gasteiger partial charge in [-0.25, -0.2) is 9.78 Å². The van der Waals surface area contributed by atoms with Crippen LogP contribution in [0.15, 0.2) is 36.7 Å². The second-order valence-electron chi connectivity index (χ2n) is 7.81. The molecule has 1 aliphatic carbocycles. The molecule has 2 heterocycles. The summed E-state index contributed by atoms with van der Waals surface area (Å²) in [6.45, 7) is 4.13. The zero-order valence-corrected chi connectivity index (χ0v) is 15.2. The third kappa shape index (κ3) is 3.83. The number of benzene rings is 1. The van der Waals surface area contributed by atoms with Crippen molar-refractivity contribution >= 4 is 5.97 Å². The third-order valence-corrected chi connectivity index (χ3v) is 5.91. The molecule has 0 radical (unpaired) electrons. The van der Waals surface area contributed by atoms with E-state index in [0.29, 0.717) is 11.5 Å². The molecule has 0 bridgehead atoms. The Hall–Kier alpha value is -2.14. The molecule has 2 fully saturated rings. The standard InChI is InChI=1S/C21H27N3O2/c25-21(26)18-8-6-17(7-9-18)13-23-11-2-5-19(15-23)20-22-10-12-24(20)14-16-3-1-4-16/h6-10,12,16,19H,1-5,11,13-15H2,(H,25,26)/t19-/m0/s1. The number of hydrogen-bond donors (Lipinski definition) is 1. The van der Waals surface area contributed by atoms with E-state index in [4.69, 9.17) is 10.1 Å². The highest BCUT2D eigenvalue weighted by Gasteiger charge is 2.26. The summed E-state index contributed by atoms with van der Waals surface area (Å²) >= 11 is 0. The third-order valence-electron chi connectivity index (χ3n) is 5.91. The van der Waals surface area contributed by atoms with Gasteiger partial charge in [-0.15, -0.1) is 0 Å². The van der Waals surface area contributed by atoms with E-state index in [2.05, 4.69) is 15.7 Å². The summed E-state index contributed by atoms with van der Waals surface area (Å²) in [5.74, 6) is 1.73. The second-order valence-corrected chi connectivity index (χ2v) is 7.81. The molecular formula is C21H27N3O2. The number of carbonyl (C=O) groups is 1. The average molecular weight is 353 g/mol. The fourth-order valence-corrected chi connectivity index (χ4v) is 4.21. The van der Waals surface area contributed by atoms with Crippen molar-refractivity contribution in [1.29, 1.82) is 0 Å². The van der Waals surface area contributed by atoms with Gasteiger partial charge in [-0.3, -0.25) is 4.90 Å². The molecule has 1 aromatic heterocycles. The van der Waals surface area contributed by atoms with Crippen molar-refractivity contribution in [2.24, 2.45) is 5.92 Å². The zero-order valence-electron chi connectivity index (χ0n) is 15.2. The zero-order chi connectivity index (χ0) is 17.9. The summed E-state index contributed by atoms with van der Waals surface area (Å²) < 4.78 is 2.39. The molecule has 1 saturated carbocycles. The maximum absolute atomic E-state index is 11.0. The maximum atomic E-state index is 11.0. The van der Waals surface area contributed by atoms with E-state index in [1.54, 1.807) is 12.1 Å². The van der Waals surface area contributed by atoms with E-state index in [1.807, 2.05) is 18.3 Å². The molecule has 2 aromatic rings. The molecule has 0 amide bonds. The van der Waals surface area contributed by atoms with E-state index in [1.165, 1.54) is 43.5 Å². The Labute approximate surface area is 154 Å². The van der Waals surface area contributed by atoms with Crippen LogP contribution >= 0.6 is 0 Å². The quantitative estimate of drug-likeness (QED) is 0.859. The summed E-state index contributed by atoms with van der Waals surface area (Å²) in [4.78, 5) is 18.2. The van der Waals surface area contributed by atoms with Gasteiger partial charge < -0.3 is 9.67 Å². The fourth-order valence-electron chi connectivity index (χ4n) is 4.21. The molecule has 5 heteroatoms. The Morgan fingerprint density at radius 2 is 1.96 bits per heavy atom. The first-order valence-electron chi connectivity index (χ1n) is 9.74. The first-order chi connectivity index (χ1) is 12.7. The van der Waals surface area contributed by atoms with E-state index >= 15 is 0 Å². The summed E-state index contributed by atoms with van der Waals surface area (Å²) in [6.07, 6.45) is 10.6. The van der Waals surface area contributed by atoms with E-state index < -0.39 is 5.97 Å². The Morgan fingerprint density at radius 3 is 2.65 bits per heavy atom. The van der Waals surface area contributed by atoms with Gasteiger partial charge in [0, 0.05) is 37.9 Å². The van der Waals surface area contributed by atoms with Crippen LogP contribution in [0.25, 0.3) is 0 Å². The number of nitrogens with zero attached hydrogens (tertiary/aromatic N) is 3. The molecule has 0 unspecified atom stereocenters. The summed E-state index contributed by atoms with van der Waals surface area (Å²) in [7, 11) is 0. The monoisotopic (exact) mass is 353 g/mol. The van der Waals surface area contributed by atoms with E-state index in [0.717, 1.165) is 32.1 Å². The summed E-state index contributed by atoms with van der Waals surface area (Å²) in [5.41, 5.74) is 1.52. The molecule has 1 saturated heterocycles. The minimum atomic E-state index is -0.868. The molecule has 0 spiro atoms. The molecule has 138 valence electrons. The van der Waals surface area contributed by atoms with Crippen LogP contribution in [0.5, 0.6) is 0 Å². The number of aromatic nitrogens is 2. The van der Waals surface area contributed by atoms with Crippen LogP contribution in [0, 0.1) is 5.92 Å². The number of likely N-dealkylation sites (tertiary alicyclic amines) is 1. The Bertz CT molecular complexity index is 749. The highest BCUT2D eigenvalue weighted by atomic mass is 16.4. The SMILES string of the molecule is O=C(O)c1ccc(CN2CCC[C@H](c3nccn3CC3CCC3)C2)cc1. The normalized spacial score (nSPS) is 21.5. The number of hydrogen-bond acceptors (Lipinski definition) is 3. The predicted octanol–water partition coefficient (Wildman–Crippen LogP) is 3.76. The van der Waals surface area contributed by atoms with E-state index in [9.17, 15) is 4.79 Å². The van der Waals surface area contributed by atoms with Crippen LogP contribution in [0.1, 0.15) is 59.8 Å². The van der Waals surface area contributed by atoms with Gasteiger partial charge in [0.2, 0.25) is 0 Å². The molecule has 1 aliphatic heterocycles. The van der Waals surface area contributed by atoms with Crippen LogP contribution < -0.4 is 0 Å². The highest BCUT2D eigenvalue weighted by molar-refractivity contribution is 5.87. The van der Waals surface area contributed by atoms with Crippen molar-refractivity contribution in [1.82, 2.24) is 14.5 Å². The van der Waals surface area contributed by atoms with Gasteiger partial charge in [0.05, 0.1) is 5.56 Å². The van der Waals surface area contributed by atoms with Gasteiger partial charge in [0.1, 0.15) is 5.82 Å². The van der Waals surface area contributed by atoms with Gasteiger partial charge >= 0.3 is 5.97 Å². The van der Waals surface area contributed by atoms with Crippen LogP contribution in [0.4, 0.5) is 0 Å². The molecule has 2 aliphatic rings. The van der Waals surface area contributed by atoms with Crippen LogP contribution in [-0.4, -0.2) is 38.6 Å². The smallest absolute Gasteiger partial charge is 0.335 e. The van der Waals surface area contributed by atoms with Crippen LogP contribution in [0.3, 0.4) is 0 Å². The molecule has 1 N–H and O–H groups in total. The summed E-state index contributed by atoms with van der Waals surface area (Å²) in [6, 6.07) is 7.27. The Morgan fingerprint density at radius 1 is 1.15 bits per heavy atom. The van der Waals surface area contributed by atoms with Crippen molar-refractivity contribution in [2.45, 2.75) is 51.1 Å².